The van der Waals surface area contributed by atoms with Crippen molar-refractivity contribution in [3.8, 4) is 0 Å². The average Bonchev–Trinajstić information content (AvgIpc) is 3.04. The zero-order valence-electron chi connectivity index (χ0n) is 13.7. The molecule has 0 N–H and O–H groups in total. The second-order valence-electron chi connectivity index (χ2n) is 5.99. The first-order chi connectivity index (χ1) is 11.6. The van der Waals surface area contributed by atoms with Crippen LogP contribution in [0.4, 0.5) is 4.39 Å². The van der Waals surface area contributed by atoms with Crippen LogP contribution in [0.15, 0.2) is 35.7 Å². The van der Waals surface area contributed by atoms with Gasteiger partial charge in [-0.05, 0) is 34.7 Å². The molecule has 4 nitrogen and oxygen atoms in total. The van der Waals surface area contributed by atoms with Gasteiger partial charge in [0.1, 0.15) is 10.7 Å². The quantitative estimate of drug-likeness (QED) is 0.778. The van der Waals surface area contributed by atoms with E-state index in [4.69, 9.17) is 4.74 Å². The van der Waals surface area contributed by atoms with Crippen molar-refractivity contribution in [1.82, 2.24) is 9.80 Å². The summed E-state index contributed by atoms with van der Waals surface area (Å²) in [5, 5.41) is 2.02. The molecule has 0 aliphatic carbocycles. The zero-order chi connectivity index (χ0) is 16.9. The Morgan fingerprint density at radius 2 is 1.79 bits per heavy atom. The maximum absolute atomic E-state index is 13.3. The molecule has 1 fully saturated rings. The highest BCUT2D eigenvalue weighted by Crippen LogP contribution is 2.18. The summed E-state index contributed by atoms with van der Waals surface area (Å²) in [6.07, 6.45) is 0. The summed E-state index contributed by atoms with van der Waals surface area (Å²) < 4.78 is 18.0. The number of nitrogens with zero attached hydrogens (tertiary/aromatic N) is 2. The lowest BCUT2D eigenvalue weighted by molar-refractivity contribution is 0.0606. The predicted molar refractivity (Wildman–Crippen MR) is 92.6 cm³/mol. The zero-order valence-corrected chi connectivity index (χ0v) is 14.5. The Balaban J connectivity index is 1.48. The van der Waals surface area contributed by atoms with Crippen LogP contribution < -0.4 is 0 Å². The molecule has 2 heterocycles. The van der Waals surface area contributed by atoms with Crippen LogP contribution >= 0.6 is 11.3 Å². The molecule has 0 unspecified atom stereocenters. The van der Waals surface area contributed by atoms with Crippen molar-refractivity contribution in [2.24, 2.45) is 0 Å². The summed E-state index contributed by atoms with van der Waals surface area (Å²) in [6.45, 7) is 5.50. The standard InChI is InChI=1S/C18H21FN2O2S/c1-23-18(22)17-10-15(13-24-17)12-21-7-5-20(6-8-21)11-14-3-2-4-16(19)9-14/h2-4,9-10,13H,5-8,11-12H2,1H3. The molecule has 128 valence electrons. The van der Waals surface area contributed by atoms with Crippen LogP contribution in [0.5, 0.6) is 0 Å². The number of piperazine rings is 1. The van der Waals surface area contributed by atoms with Gasteiger partial charge in [-0.2, -0.15) is 0 Å². The minimum absolute atomic E-state index is 0.176. The lowest BCUT2D eigenvalue weighted by atomic mass is 10.2. The monoisotopic (exact) mass is 348 g/mol. The van der Waals surface area contributed by atoms with Crippen LogP contribution in [0, 0.1) is 5.82 Å². The smallest absolute Gasteiger partial charge is 0.348 e. The number of thiophene rings is 1. The van der Waals surface area contributed by atoms with Crippen LogP contribution in [0.25, 0.3) is 0 Å². The number of esters is 1. The van der Waals surface area contributed by atoms with Gasteiger partial charge in [-0.1, -0.05) is 12.1 Å². The van der Waals surface area contributed by atoms with Gasteiger partial charge >= 0.3 is 5.97 Å². The molecular weight excluding hydrogens is 327 g/mol. The second-order valence-corrected chi connectivity index (χ2v) is 6.90. The van der Waals surface area contributed by atoms with Gasteiger partial charge in [0.2, 0.25) is 0 Å². The maximum Gasteiger partial charge on any atom is 0.348 e. The number of ether oxygens (including phenoxy) is 1. The van der Waals surface area contributed by atoms with Gasteiger partial charge in [0.05, 0.1) is 7.11 Å². The van der Waals surface area contributed by atoms with Gasteiger partial charge in [0.25, 0.3) is 0 Å². The van der Waals surface area contributed by atoms with Crippen molar-refractivity contribution in [3.63, 3.8) is 0 Å². The summed E-state index contributed by atoms with van der Waals surface area (Å²) in [5.74, 6) is -0.448. The Labute approximate surface area is 145 Å². The van der Waals surface area contributed by atoms with E-state index in [0.29, 0.717) is 4.88 Å². The van der Waals surface area contributed by atoms with E-state index in [1.807, 2.05) is 17.5 Å². The van der Waals surface area contributed by atoms with Crippen molar-refractivity contribution in [3.05, 3.63) is 57.5 Å². The minimum atomic E-state index is -0.272. The molecule has 1 aliphatic heterocycles. The lowest BCUT2D eigenvalue weighted by Crippen LogP contribution is -2.45. The maximum atomic E-state index is 13.3. The summed E-state index contributed by atoms with van der Waals surface area (Å²) >= 11 is 1.43. The molecule has 3 rings (SSSR count). The van der Waals surface area contributed by atoms with Crippen molar-refractivity contribution in [2.75, 3.05) is 33.3 Å². The minimum Gasteiger partial charge on any atom is -0.465 e. The van der Waals surface area contributed by atoms with Crippen LogP contribution in [0.1, 0.15) is 20.8 Å². The highest BCUT2D eigenvalue weighted by molar-refractivity contribution is 7.12. The van der Waals surface area contributed by atoms with E-state index in [9.17, 15) is 9.18 Å². The fourth-order valence-electron chi connectivity index (χ4n) is 2.92. The molecule has 0 atom stereocenters. The molecule has 0 spiro atoms. The first kappa shape index (κ1) is 17.1. The molecule has 1 aromatic heterocycles. The van der Waals surface area contributed by atoms with Gasteiger partial charge < -0.3 is 4.74 Å². The Morgan fingerprint density at radius 1 is 1.12 bits per heavy atom. The third-order valence-corrected chi connectivity index (χ3v) is 5.17. The third kappa shape index (κ3) is 4.41. The lowest BCUT2D eigenvalue weighted by Gasteiger charge is -2.34. The van der Waals surface area contributed by atoms with E-state index in [1.54, 1.807) is 12.1 Å². The SMILES string of the molecule is COC(=O)c1cc(CN2CCN(Cc3cccc(F)c3)CC2)cs1. The van der Waals surface area contributed by atoms with Crippen LogP contribution in [0.3, 0.4) is 0 Å². The number of benzene rings is 1. The average molecular weight is 348 g/mol. The first-order valence-corrected chi connectivity index (χ1v) is 8.87. The van der Waals surface area contributed by atoms with E-state index in [0.717, 1.165) is 50.4 Å². The molecule has 0 radical (unpaired) electrons. The number of hydrogen-bond donors (Lipinski definition) is 0. The van der Waals surface area contributed by atoms with Gasteiger partial charge in [0, 0.05) is 39.3 Å². The van der Waals surface area contributed by atoms with Crippen molar-refractivity contribution >= 4 is 17.3 Å². The normalized spacial score (nSPS) is 16.2. The summed E-state index contributed by atoms with van der Waals surface area (Å²) in [6, 6.07) is 8.72. The summed E-state index contributed by atoms with van der Waals surface area (Å²) in [5.41, 5.74) is 2.17. The molecule has 0 saturated carbocycles. The third-order valence-electron chi connectivity index (χ3n) is 4.21. The highest BCUT2D eigenvalue weighted by Gasteiger charge is 2.18. The van der Waals surface area contributed by atoms with Crippen LogP contribution in [0.2, 0.25) is 0 Å². The van der Waals surface area contributed by atoms with Crippen LogP contribution in [-0.4, -0.2) is 49.1 Å². The number of rotatable bonds is 5. The second kappa shape index (κ2) is 7.88. The van der Waals surface area contributed by atoms with E-state index in [2.05, 4.69) is 9.80 Å². The Morgan fingerprint density at radius 3 is 2.42 bits per heavy atom. The molecule has 24 heavy (non-hydrogen) atoms. The Bertz CT molecular complexity index is 696. The van der Waals surface area contributed by atoms with Crippen molar-refractivity contribution < 1.29 is 13.9 Å². The van der Waals surface area contributed by atoms with Gasteiger partial charge in [-0.25, -0.2) is 9.18 Å². The van der Waals surface area contributed by atoms with E-state index in [-0.39, 0.29) is 11.8 Å². The topological polar surface area (TPSA) is 32.8 Å². The van der Waals surface area contributed by atoms with E-state index >= 15 is 0 Å². The largest absolute Gasteiger partial charge is 0.465 e. The van der Waals surface area contributed by atoms with E-state index < -0.39 is 0 Å². The molecule has 2 aromatic rings. The van der Waals surface area contributed by atoms with Gasteiger partial charge in [0.15, 0.2) is 0 Å². The van der Waals surface area contributed by atoms with Gasteiger partial charge in [-0.15, -0.1) is 11.3 Å². The summed E-state index contributed by atoms with van der Waals surface area (Å²) in [7, 11) is 1.40. The molecule has 1 saturated heterocycles. The fourth-order valence-corrected chi connectivity index (χ4v) is 3.74. The first-order valence-electron chi connectivity index (χ1n) is 7.99. The molecule has 1 aromatic carbocycles. The number of halogens is 1. The number of carbonyl (C=O) groups excluding carboxylic acids is 1. The molecule has 0 amide bonds. The molecule has 0 bridgehead atoms. The van der Waals surface area contributed by atoms with Crippen molar-refractivity contribution in [1.29, 1.82) is 0 Å². The van der Waals surface area contributed by atoms with Gasteiger partial charge in [-0.3, -0.25) is 9.80 Å². The number of carbonyl (C=O) groups is 1. The summed E-state index contributed by atoms with van der Waals surface area (Å²) in [4.78, 5) is 16.9. The van der Waals surface area contributed by atoms with E-state index in [1.165, 1.54) is 24.5 Å². The Hall–Kier alpha value is -1.76. The van der Waals surface area contributed by atoms with Crippen molar-refractivity contribution in [2.45, 2.75) is 13.1 Å². The molecular formula is C18H21FN2O2S. The Kier molecular flexibility index (Phi) is 5.60. The molecule has 6 heteroatoms. The predicted octanol–water partition coefficient (Wildman–Crippen LogP) is 2.99. The number of methoxy groups -OCH3 is 1. The number of hydrogen-bond acceptors (Lipinski definition) is 5. The fraction of sp³-hybridized carbons (Fsp3) is 0.389. The van der Waals surface area contributed by atoms with Crippen LogP contribution in [-0.2, 0) is 17.8 Å². The molecule has 1 aliphatic rings. The highest BCUT2D eigenvalue weighted by atomic mass is 32.1.